The van der Waals surface area contributed by atoms with Gasteiger partial charge in [0.05, 0.1) is 0 Å². The first-order valence-corrected chi connectivity index (χ1v) is 8.62. The van der Waals surface area contributed by atoms with Crippen molar-refractivity contribution in [2.45, 2.75) is 38.3 Å². The highest BCUT2D eigenvalue weighted by Crippen LogP contribution is 2.24. The molecule has 5 nitrogen and oxygen atoms in total. The van der Waals surface area contributed by atoms with Gasteiger partial charge < -0.3 is 14.7 Å². The summed E-state index contributed by atoms with van der Waals surface area (Å²) in [6.45, 7) is 3.61. The van der Waals surface area contributed by atoms with E-state index in [-0.39, 0.29) is 24.9 Å². The zero-order valence-corrected chi connectivity index (χ0v) is 14.1. The lowest BCUT2D eigenvalue weighted by atomic mass is 9.95. The number of alkyl halides is 3. The van der Waals surface area contributed by atoms with Gasteiger partial charge in [0.2, 0.25) is 5.91 Å². The number of halogens is 3. The number of likely N-dealkylation sites (tertiary alicyclic amines) is 2. The number of carbonyl (C=O) groups is 2. The lowest BCUT2D eigenvalue weighted by Crippen LogP contribution is -2.48. The molecule has 138 valence electrons. The van der Waals surface area contributed by atoms with Gasteiger partial charge in [-0.05, 0) is 38.8 Å². The molecule has 0 aromatic heterocycles. The molecule has 24 heavy (non-hydrogen) atoms. The minimum absolute atomic E-state index is 0.00524. The molecule has 2 saturated heterocycles. The van der Waals surface area contributed by atoms with Crippen molar-refractivity contribution in [3.05, 3.63) is 0 Å². The van der Waals surface area contributed by atoms with Gasteiger partial charge in [0.25, 0.3) is 0 Å². The van der Waals surface area contributed by atoms with E-state index in [2.05, 4.69) is 4.90 Å². The second-order valence-electron chi connectivity index (χ2n) is 6.73. The normalized spacial score (nSPS) is 20.9. The number of rotatable bonds is 4. The van der Waals surface area contributed by atoms with E-state index < -0.39 is 12.1 Å². The molecule has 0 aliphatic carbocycles. The van der Waals surface area contributed by atoms with Crippen molar-refractivity contribution in [3.8, 4) is 0 Å². The summed E-state index contributed by atoms with van der Waals surface area (Å²) in [6, 6.07) is 0. The molecule has 2 aliphatic rings. The second kappa shape index (κ2) is 8.18. The van der Waals surface area contributed by atoms with Gasteiger partial charge in [0.1, 0.15) is 0 Å². The predicted molar refractivity (Wildman–Crippen MR) is 83.3 cm³/mol. The van der Waals surface area contributed by atoms with Crippen molar-refractivity contribution >= 4 is 11.8 Å². The molecule has 2 amide bonds. The van der Waals surface area contributed by atoms with E-state index in [4.69, 9.17) is 0 Å². The maximum atomic E-state index is 12.4. The van der Waals surface area contributed by atoms with Crippen molar-refractivity contribution in [1.29, 1.82) is 0 Å². The van der Waals surface area contributed by atoms with Crippen LogP contribution in [0.5, 0.6) is 0 Å². The Morgan fingerprint density at radius 1 is 1.04 bits per heavy atom. The van der Waals surface area contributed by atoms with Crippen LogP contribution in [0.3, 0.4) is 0 Å². The Bertz CT molecular complexity index is 442. The minimum atomic E-state index is -4.83. The van der Waals surface area contributed by atoms with Gasteiger partial charge in [-0.3, -0.25) is 9.59 Å². The molecule has 0 atom stereocenters. The van der Waals surface area contributed by atoms with Crippen molar-refractivity contribution in [2.75, 3.05) is 46.3 Å². The molecular formula is C16H26F3N3O2. The summed E-state index contributed by atoms with van der Waals surface area (Å²) in [5.74, 6) is -2.10. The molecule has 2 aliphatic heterocycles. The van der Waals surface area contributed by atoms with Gasteiger partial charge in [0.15, 0.2) is 0 Å². The standard InChI is InChI=1S/C16H26F3N3O2/c1-20(11-12-21-7-3-2-4-8-21)14(23)13-5-9-22(10-6-13)15(24)16(17,18)19/h13H,2-12H2,1H3. The Hall–Kier alpha value is -1.31. The third-order valence-corrected chi connectivity index (χ3v) is 4.95. The van der Waals surface area contributed by atoms with E-state index in [0.717, 1.165) is 24.5 Å². The average Bonchev–Trinajstić information content (AvgIpc) is 2.58. The average molecular weight is 349 g/mol. The zero-order valence-electron chi connectivity index (χ0n) is 14.1. The summed E-state index contributed by atoms with van der Waals surface area (Å²) in [6.07, 6.45) is -0.571. The smallest absolute Gasteiger partial charge is 0.344 e. The maximum absolute atomic E-state index is 12.4. The maximum Gasteiger partial charge on any atom is 0.471 e. The first kappa shape index (κ1) is 19.0. The first-order valence-electron chi connectivity index (χ1n) is 8.62. The number of amides is 2. The van der Waals surface area contributed by atoms with E-state index in [9.17, 15) is 22.8 Å². The Balaban J connectivity index is 1.74. The van der Waals surface area contributed by atoms with Gasteiger partial charge in [-0.15, -0.1) is 0 Å². The summed E-state index contributed by atoms with van der Waals surface area (Å²) in [5.41, 5.74) is 0. The zero-order chi connectivity index (χ0) is 17.7. The van der Waals surface area contributed by atoms with Gasteiger partial charge in [0, 0.05) is 39.1 Å². The highest BCUT2D eigenvalue weighted by atomic mass is 19.4. The fraction of sp³-hybridized carbons (Fsp3) is 0.875. The van der Waals surface area contributed by atoms with Gasteiger partial charge >= 0.3 is 12.1 Å². The Kier molecular flexibility index (Phi) is 6.48. The van der Waals surface area contributed by atoms with E-state index in [1.807, 2.05) is 0 Å². The summed E-state index contributed by atoms with van der Waals surface area (Å²) < 4.78 is 37.3. The van der Waals surface area contributed by atoms with Gasteiger partial charge in [-0.25, -0.2) is 0 Å². The van der Waals surface area contributed by atoms with E-state index in [0.29, 0.717) is 19.4 Å². The number of hydrogen-bond donors (Lipinski definition) is 0. The number of carbonyl (C=O) groups excluding carboxylic acids is 2. The van der Waals surface area contributed by atoms with Crippen molar-refractivity contribution < 1.29 is 22.8 Å². The lowest BCUT2D eigenvalue weighted by molar-refractivity contribution is -0.187. The number of hydrogen-bond acceptors (Lipinski definition) is 3. The second-order valence-corrected chi connectivity index (χ2v) is 6.73. The molecule has 0 radical (unpaired) electrons. The Labute approximate surface area is 140 Å². The first-order chi connectivity index (χ1) is 11.3. The SMILES string of the molecule is CN(CCN1CCCCC1)C(=O)C1CCN(C(=O)C(F)(F)F)CC1. The molecule has 2 fully saturated rings. The van der Waals surface area contributed by atoms with Crippen molar-refractivity contribution in [2.24, 2.45) is 5.92 Å². The van der Waals surface area contributed by atoms with Crippen LogP contribution in [0.4, 0.5) is 13.2 Å². The van der Waals surface area contributed by atoms with E-state index in [1.54, 1.807) is 11.9 Å². The van der Waals surface area contributed by atoms with Crippen LogP contribution >= 0.6 is 0 Å². The quantitative estimate of drug-likeness (QED) is 0.776. The third-order valence-electron chi connectivity index (χ3n) is 4.95. The van der Waals surface area contributed by atoms with Crippen LogP contribution in [-0.2, 0) is 9.59 Å². The molecule has 2 rings (SSSR count). The summed E-state index contributed by atoms with van der Waals surface area (Å²) in [5, 5.41) is 0. The molecule has 0 spiro atoms. The Morgan fingerprint density at radius 2 is 1.62 bits per heavy atom. The van der Waals surface area contributed by atoms with Crippen LogP contribution < -0.4 is 0 Å². The predicted octanol–water partition coefficient (Wildman–Crippen LogP) is 1.73. The van der Waals surface area contributed by atoms with E-state index >= 15 is 0 Å². The monoisotopic (exact) mass is 349 g/mol. The lowest BCUT2D eigenvalue weighted by Gasteiger charge is -2.34. The van der Waals surface area contributed by atoms with Crippen LogP contribution in [0.15, 0.2) is 0 Å². The topological polar surface area (TPSA) is 43.9 Å². The molecule has 0 unspecified atom stereocenters. The summed E-state index contributed by atoms with van der Waals surface area (Å²) in [7, 11) is 1.75. The van der Waals surface area contributed by atoms with Gasteiger partial charge in [-0.1, -0.05) is 6.42 Å². The van der Waals surface area contributed by atoms with Crippen molar-refractivity contribution in [3.63, 3.8) is 0 Å². The fourth-order valence-electron chi connectivity index (χ4n) is 3.41. The number of piperidine rings is 2. The molecular weight excluding hydrogens is 323 g/mol. The molecule has 8 heteroatoms. The number of nitrogens with zero attached hydrogens (tertiary/aromatic N) is 3. The minimum Gasteiger partial charge on any atom is -0.344 e. The molecule has 2 heterocycles. The molecule has 0 saturated carbocycles. The largest absolute Gasteiger partial charge is 0.471 e. The molecule has 0 aromatic rings. The van der Waals surface area contributed by atoms with Crippen LogP contribution in [0.1, 0.15) is 32.1 Å². The molecule has 0 aromatic carbocycles. The Morgan fingerprint density at radius 3 is 2.17 bits per heavy atom. The van der Waals surface area contributed by atoms with Gasteiger partial charge in [-0.2, -0.15) is 13.2 Å². The van der Waals surface area contributed by atoms with E-state index in [1.165, 1.54) is 19.3 Å². The van der Waals surface area contributed by atoms with Crippen molar-refractivity contribution in [1.82, 2.24) is 14.7 Å². The third kappa shape index (κ3) is 5.09. The molecule has 0 bridgehead atoms. The summed E-state index contributed by atoms with van der Waals surface area (Å²) in [4.78, 5) is 28.5. The summed E-state index contributed by atoms with van der Waals surface area (Å²) >= 11 is 0. The highest BCUT2D eigenvalue weighted by Gasteiger charge is 2.43. The number of likely N-dealkylation sites (N-methyl/N-ethyl adjacent to an activating group) is 1. The molecule has 0 N–H and O–H groups in total. The van der Waals surface area contributed by atoms with Crippen LogP contribution in [0.2, 0.25) is 0 Å². The van der Waals surface area contributed by atoms with Crippen LogP contribution in [0, 0.1) is 5.92 Å². The van der Waals surface area contributed by atoms with Crippen LogP contribution in [-0.4, -0.2) is 79.0 Å². The fourth-order valence-corrected chi connectivity index (χ4v) is 3.41. The van der Waals surface area contributed by atoms with Crippen LogP contribution in [0.25, 0.3) is 0 Å². The highest BCUT2D eigenvalue weighted by molar-refractivity contribution is 5.83.